The van der Waals surface area contributed by atoms with Crippen LogP contribution in [0.2, 0.25) is 0 Å². The summed E-state index contributed by atoms with van der Waals surface area (Å²) in [4.78, 5) is 8.65. The molecule has 2 aromatic heterocycles. The molecule has 0 atom stereocenters. The fourth-order valence-electron chi connectivity index (χ4n) is 2.51. The Morgan fingerprint density at radius 3 is 2.76 bits per heavy atom. The third kappa shape index (κ3) is 2.33. The second-order valence-electron chi connectivity index (χ2n) is 5.40. The van der Waals surface area contributed by atoms with Gasteiger partial charge >= 0.3 is 0 Å². The fourth-order valence-corrected chi connectivity index (χ4v) is 2.51. The lowest BCUT2D eigenvalue weighted by Crippen LogP contribution is -2.27. The van der Waals surface area contributed by atoms with E-state index in [1.54, 1.807) is 6.33 Å². The van der Waals surface area contributed by atoms with Gasteiger partial charge in [0.2, 0.25) is 0 Å². The maximum absolute atomic E-state index is 4.34. The molecule has 1 aliphatic rings. The van der Waals surface area contributed by atoms with E-state index in [0.29, 0.717) is 12.6 Å². The number of nitrogens with one attached hydrogen (secondary N) is 1. The van der Waals surface area contributed by atoms with Crippen LogP contribution in [0.3, 0.4) is 0 Å². The predicted octanol–water partition coefficient (Wildman–Crippen LogP) is 2.23. The van der Waals surface area contributed by atoms with Gasteiger partial charge in [0.25, 0.3) is 0 Å². The summed E-state index contributed by atoms with van der Waals surface area (Å²) in [5.74, 6) is 0.795. The molecule has 2 heterocycles. The summed E-state index contributed by atoms with van der Waals surface area (Å²) in [6.07, 6.45) is 5.26. The summed E-state index contributed by atoms with van der Waals surface area (Å²) in [7, 11) is 0. The molecule has 4 rings (SSSR count). The minimum atomic E-state index is 0.516. The van der Waals surface area contributed by atoms with Gasteiger partial charge in [-0.1, -0.05) is 35.5 Å². The SMILES string of the molecule is c1ccc(Cn2nnc3c(NC4CCC4)ncnc32)cc1. The number of fused-ring (bicyclic) bond motifs is 1. The average molecular weight is 280 g/mol. The van der Waals surface area contributed by atoms with E-state index in [-0.39, 0.29) is 0 Å². The first-order valence-corrected chi connectivity index (χ1v) is 7.25. The molecule has 0 saturated heterocycles. The highest BCUT2D eigenvalue weighted by atomic mass is 15.4. The van der Waals surface area contributed by atoms with Crippen LogP contribution in [0.5, 0.6) is 0 Å². The van der Waals surface area contributed by atoms with Crippen molar-refractivity contribution in [1.82, 2.24) is 25.0 Å². The van der Waals surface area contributed by atoms with Gasteiger partial charge in [-0.25, -0.2) is 14.6 Å². The molecule has 0 radical (unpaired) electrons. The second kappa shape index (κ2) is 5.12. The molecule has 106 valence electrons. The second-order valence-corrected chi connectivity index (χ2v) is 5.40. The van der Waals surface area contributed by atoms with E-state index < -0.39 is 0 Å². The van der Waals surface area contributed by atoms with Gasteiger partial charge in [-0.05, 0) is 24.8 Å². The van der Waals surface area contributed by atoms with E-state index in [1.165, 1.54) is 24.8 Å². The Balaban J connectivity index is 1.66. The summed E-state index contributed by atoms with van der Waals surface area (Å²) >= 11 is 0. The number of aromatic nitrogens is 5. The molecule has 0 spiro atoms. The van der Waals surface area contributed by atoms with Crippen molar-refractivity contribution >= 4 is 17.0 Å². The topological polar surface area (TPSA) is 68.5 Å². The summed E-state index contributed by atoms with van der Waals surface area (Å²) in [6.45, 7) is 0.664. The quantitative estimate of drug-likeness (QED) is 0.793. The number of anilines is 1. The normalized spacial score (nSPS) is 15.0. The van der Waals surface area contributed by atoms with Crippen LogP contribution in [-0.2, 0) is 6.54 Å². The third-order valence-electron chi connectivity index (χ3n) is 3.92. The van der Waals surface area contributed by atoms with Gasteiger partial charge in [0.1, 0.15) is 6.33 Å². The molecular formula is C15H16N6. The van der Waals surface area contributed by atoms with Crippen LogP contribution >= 0.6 is 0 Å². The Labute approximate surface area is 122 Å². The van der Waals surface area contributed by atoms with Crippen LogP contribution in [0, 0.1) is 0 Å². The summed E-state index contributed by atoms with van der Waals surface area (Å²) in [5, 5.41) is 11.9. The Morgan fingerprint density at radius 1 is 1.14 bits per heavy atom. The van der Waals surface area contributed by atoms with E-state index in [1.807, 2.05) is 22.9 Å². The Morgan fingerprint density at radius 2 is 2.00 bits per heavy atom. The number of hydrogen-bond acceptors (Lipinski definition) is 5. The third-order valence-corrected chi connectivity index (χ3v) is 3.92. The Kier molecular flexibility index (Phi) is 2.99. The molecule has 0 bridgehead atoms. The molecule has 1 N–H and O–H groups in total. The van der Waals surface area contributed by atoms with Gasteiger partial charge in [-0.15, -0.1) is 5.10 Å². The summed E-state index contributed by atoms with van der Waals surface area (Å²) in [5.41, 5.74) is 2.70. The van der Waals surface area contributed by atoms with Gasteiger partial charge in [0.05, 0.1) is 6.54 Å². The molecule has 21 heavy (non-hydrogen) atoms. The Bertz CT molecular complexity index is 747. The van der Waals surface area contributed by atoms with Gasteiger partial charge < -0.3 is 5.32 Å². The van der Waals surface area contributed by atoms with Crippen molar-refractivity contribution in [3.8, 4) is 0 Å². The van der Waals surface area contributed by atoms with Crippen LogP contribution in [0.1, 0.15) is 24.8 Å². The van der Waals surface area contributed by atoms with Crippen LogP contribution in [-0.4, -0.2) is 31.0 Å². The van der Waals surface area contributed by atoms with Crippen LogP contribution < -0.4 is 5.32 Å². The maximum atomic E-state index is 4.34. The van der Waals surface area contributed by atoms with Gasteiger partial charge in [0.15, 0.2) is 17.0 Å². The zero-order valence-electron chi connectivity index (χ0n) is 11.6. The fraction of sp³-hybridized carbons (Fsp3) is 0.333. The first-order chi connectivity index (χ1) is 10.4. The lowest BCUT2D eigenvalue weighted by atomic mass is 9.93. The summed E-state index contributed by atoms with van der Waals surface area (Å²) < 4.78 is 1.82. The first kappa shape index (κ1) is 12.3. The van der Waals surface area contributed by atoms with Crippen molar-refractivity contribution in [2.24, 2.45) is 0 Å². The maximum Gasteiger partial charge on any atom is 0.184 e. The van der Waals surface area contributed by atoms with Crippen molar-refractivity contribution in [2.45, 2.75) is 31.8 Å². The highest BCUT2D eigenvalue weighted by Crippen LogP contribution is 2.25. The number of hydrogen-bond donors (Lipinski definition) is 1. The highest BCUT2D eigenvalue weighted by molar-refractivity contribution is 5.82. The standard InChI is InChI=1S/C15H16N6/c1-2-5-11(6-3-1)9-21-15-13(19-20-21)14(16-10-17-15)18-12-7-4-8-12/h1-3,5-6,10,12H,4,7-9H2,(H,16,17,18). The molecular weight excluding hydrogens is 264 g/mol. The highest BCUT2D eigenvalue weighted by Gasteiger charge is 2.20. The number of nitrogens with zero attached hydrogens (tertiary/aromatic N) is 5. The molecule has 1 aromatic carbocycles. The van der Waals surface area contributed by atoms with Gasteiger partial charge in [-0.2, -0.15) is 0 Å². The molecule has 1 saturated carbocycles. The van der Waals surface area contributed by atoms with E-state index in [9.17, 15) is 0 Å². The summed E-state index contributed by atoms with van der Waals surface area (Å²) in [6, 6.07) is 10.7. The van der Waals surface area contributed by atoms with Crippen molar-refractivity contribution < 1.29 is 0 Å². The lowest BCUT2D eigenvalue weighted by molar-refractivity contribution is 0.444. The average Bonchev–Trinajstić information content (AvgIpc) is 2.88. The number of rotatable bonds is 4. The lowest BCUT2D eigenvalue weighted by Gasteiger charge is -2.26. The molecule has 6 heteroatoms. The molecule has 6 nitrogen and oxygen atoms in total. The minimum Gasteiger partial charge on any atom is -0.365 e. The van der Waals surface area contributed by atoms with E-state index in [2.05, 4.69) is 37.7 Å². The van der Waals surface area contributed by atoms with Crippen molar-refractivity contribution in [3.63, 3.8) is 0 Å². The van der Waals surface area contributed by atoms with E-state index >= 15 is 0 Å². The molecule has 1 aliphatic carbocycles. The van der Waals surface area contributed by atoms with Crippen LogP contribution in [0.25, 0.3) is 11.2 Å². The molecule has 0 amide bonds. The van der Waals surface area contributed by atoms with Crippen LogP contribution in [0.15, 0.2) is 36.7 Å². The monoisotopic (exact) mass is 280 g/mol. The van der Waals surface area contributed by atoms with Gasteiger partial charge in [0, 0.05) is 6.04 Å². The smallest absolute Gasteiger partial charge is 0.184 e. The Hall–Kier alpha value is -2.50. The zero-order valence-corrected chi connectivity index (χ0v) is 11.6. The van der Waals surface area contributed by atoms with E-state index in [0.717, 1.165) is 17.0 Å². The number of benzene rings is 1. The van der Waals surface area contributed by atoms with Crippen LogP contribution in [0.4, 0.5) is 5.82 Å². The molecule has 0 unspecified atom stereocenters. The van der Waals surface area contributed by atoms with Gasteiger partial charge in [-0.3, -0.25) is 0 Å². The minimum absolute atomic E-state index is 0.516. The largest absolute Gasteiger partial charge is 0.365 e. The predicted molar refractivity (Wildman–Crippen MR) is 79.9 cm³/mol. The van der Waals surface area contributed by atoms with Crippen molar-refractivity contribution in [1.29, 1.82) is 0 Å². The zero-order chi connectivity index (χ0) is 14.1. The molecule has 1 fully saturated rings. The van der Waals surface area contributed by atoms with Crippen molar-refractivity contribution in [2.75, 3.05) is 5.32 Å². The molecule has 0 aliphatic heterocycles. The first-order valence-electron chi connectivity index (χ1n) is 7.25. The molecule has 3 aromatic rings. The van der Waals surface area contributed by atoms with E-state index in [4.69, 9.17) is 0 Å². The van der Waals surface area contributed by atoms with Crippen molar-refractivity contribution in [3.05, 3.63) is 42.2 Å².